The summed E-state index contributed by atoms with van der Waals surface area (Å²) in [5.41, 5.74) is 0.497. The zero-order chi connectivity index (χ0) is 29.9. The molecule has 12 nitrogen and oxygen atoms in total. The third-order valence-corrected chi connectivity index (χ3v) is 6.46. The van der Waals surface area contributed by atoms with Crippen molar-refractivity contribution in [3.05, 3.63) is 18.0 Å². The van der Waals surface area contributed by atoms with E-state index in [9.17, 15) is 14.7 Å². The number of thioether (sulfide) groups is 1. The number of carbonyl (C=O) groups excluding carboxylic acids is 2. The van der Waals surface area contributed by atoms with Crippen molar-refractivity contribution < 1.29 is 33.6 Å². The number of aliphatic hydroxyl groups is 1. The van der Waals surface area contributed by atoms with E-state index in [1.807, 2.05) is 41.5 Å². The number of pyridine rings is 1. The van der Waals surface area contributed by atoms with Gasteiger partial charge in [-0.2, -0.15) is 0 Å². The highest BCUT2D eigenvalue weighted by Crippen LogP contribution is 2.26. The number of ether oxygens (including phenoxy) is 4. The quantitative estimate of drug-likeness (QED) is 0.194. The third-order valence-electron chi connectivity index (χ3n) is 5.60. The number of nitrogens with zero attached hydrogens (tertiary/aromatic N) is 3. The van der Waals surface area contributed by atoms with Gasteiger partial charge in [0.25, 0.3) is 0 Å². The third kappa shape index (κ3) is 11.8. The summed E-state index contributed by atoms with van der Waals surface area (Å²) in [5.74, 6) is 1.34. The number of hydrogen-bond acceptors (Lipinski definition) is 11. The lowest BCUT2D eigenvalue weighted by Crippen LogP contribution is -2.42. The van der Waals surface area contributed by atoms with Crippen molar-refractivity contribution in [1.82, 2.24) is 15.2 Å². The molecule has 40 heavy (non-hydrogen) atoms. The molecule has 0 saturated carbocycles. The average molecular weight is 584 g/mol. The Morgan fingerprint density at radius 3 is 2.50 bits per heavy atom. The predicted molar refractivity (Wildman–Crippen MR) is 156 cm³/mol. The van der Waals surface area contributed by atoms with Crippen molar-refractivity contribution in [2.75, 3.05) is 37.9 Å². The van der Waals surface area contributed by atoms with Gasteiger partial charge in [-0.25, -0.2) is 14.6 Å². The van der Waals surface area contributed by atoms with Crippen molar-refractivity contribution in [2.45, 2.75) is 85.6 Å². The van der Waals surface area contributed by atoms with Crippen LogP contribution in [-0.4, -0.2) is 89.1 Å². The Balaban J connectivity index is 1.93. The maximum absolute atomic E-state index is 12.5. The molecule has 1 aromatic rings. The van der Waals surface area contributed by atoms with Crippen molar-refractivity contribution in [1.29, 1.82) is 0 Å². The number of piperidine rings is 1. The molecule has 0 aromatic carbocycles. The van der Waals surface area contributed by atoms with E-state index in [1.54, 1.807) is 24.1 Å². The minimum Gasteiger partial charge on any atom is -0.494 e. The number of methoxy groups -OCH3 is 1. The summed E-state index contributed by atoms with van der Waals surface area (Å²) in [4.78, 5) is 35.5. The highest BCUT2D eigenvalue weighted by molar-refractivity contribution is 8.14. The maximum atomic E-state index is 12.5. The van der Waals surface area contributed by atoms with E-state index in [0.29, 0.717) is 35.3 Å². The first kappa shape index (κ1) is 33.4. The fourth-order valence-electron chi connectivity index (χ4n) is 3.80. The standard InChI is InChI=1S/C27H45N5O7S/c1-9-40-23(22-21(36-8)14-20(15-28-22)31-25(34)38-17(2)3)29-18(4)30-24(33)37-16-19-10-12-32(13-11-19)26(35)39-27(5,6)7/h14-15,17-19,25,31,34H,9-13,16H2,1-8H3,(H,30,33). The molecular formula is C27H45N5O7S. The van der Waals surface area contributed by atoms with Gasteiger partial charge < -0.3 is 34.3 Å². The Morgan fingerprint density at radius 1 is 1.25 bits per heavy atom. The molecule has 2 heterocycles. The van der Waals surface area contributed by atoms with Crippen LogP contribution in [0, 0.1) is 5.92 Å². The Hall–Kier alpha value is -2.77. The van der Waals surface area contributed by atoms with Crippen LogP contribution in [0.2, 0.25) is 0 Å². The monoisotopic (exact) mass is 583 g/mol. The van der Waals surface area contributed by atoms with E-state index in [4.69, 9.17) is 18.9 Å². The average Bonchev–Trinajstić information content (AvgIpc) is 2.86. The minimum atomic E-state index is -1.19. The number of aromatic nitrogens is 1. The van der Waals surface area contributed by atoms with Crippen LogP contribution in [0.1, 0.15) is 67.0 Å². The second-order valence-corrected chi connectivity index (χ2v) is 11.9. The first-order valence-corrected chi connectivity index (χ1v) is 14.6. The maximum Gasteiger partial charge on any atom is 0.410 e. The van der Waals surface area contributed by atoms with E-state index in [0.717, 1.165) is 18.6 Å². The van der Waals surface area contributed by atoms with Crippen LogP contribution in [-0.2, 0) is 14.2 Å². The van der Waals surface area contributed by atoms with Crippen LogP contribution in [0.5, 0.6) is 5.75 Å². The van der Waals surface area contributed by atoms with Gasteiger partial charge >= 0.3 is 12.2 Å². The van der Waals surface area contributed by atoms with Gasteiger partial charge in [0.05, 0.1) is 31.7 Å². The van der Waals surface area contributed by atoms with Gasteiger partial charge in [-0.05, 0) is 66.1 Å². The largest absolute Gasteiger partial charge is 0.494 e. The molecule has 1 fully saturated rings. The second kappa shape index (κ2) is 15.9. The highest BCUT2D eigenvalue weighted by Gasteiger charge is 2.27. The molecular weight excluding hydrogens is 538 g/mol. The number of carbonyl (C=O) groups is 2. The van der Waals surface area contributed by atoms with Crippen LogP contribution < -0.4 is 15.4 Å². The molecule has 0 bridgehead atoms. The molecule has 13 heteroatoms. The zero-order valence-electron chi connectivity index (χ0n) is 24.9. The van der Waals surface area contributed by atoms with E-state index in [2.05, 4.69) is 20.6 Å². The van der Waals surface area contributed by atoms with Crippen molar-refractivity contribution in [3.8, 4) is 5.75 Å². The fourth-order valence-corrected chi connectivity index (χ4v) is 4.60. The van der Waals surface area contributed by atoms with Gasteiger partial charge in [0.2, 0.25) is 6.41 Å². The number of rotatable bonds is 11. The number of hydrogen-bond donors (Lipinski definition) is 3. The molecule has 1 aliphatic rings. The zero-order valence-corrected chi connectivity index (χ0v) is 25.7. The van der Waals surface area contributed by atoms with Gasteiger partial charge in [0.15, 0.2) is 0 Å². The van der Waals surface area contributed by atoms with Crippen molar-refractivity contribution >= 4 is 34.7 Å². The Bertz CT molecular complexity index is 994. The van der Waals surface area contributed by atoms with Gasteiger partial charge in [-0.15, -0.1) is 11.8 Å². The topological polar surface area (TPSA) is 144 Å². The molecule has 1 saturated heterocycles. The number of anilines is 1. The molecule has 2 atom stereocenters. The van der Waals surface area contributed by atoms with Gasteiger partial charge in [-0.1, -0.05) is 6.92 Å². The molecule has 2 amide bonds. The normalized spacial score (nSPS) is 16.4. The molecule has 3 N–H and O–H groups in total. The van der Waals surface area contributed by atoms with Crippen LogP contribution in [0.25, 0.3) is 0 Å². The molecule has 2 unspecified atom stereocenters. The van der Waals surface area contributed by atoms with Crippen molar-refractivity contribution in [2.24, 2.45) is 10.9 Å². The number of aliphatic imine (C=N–C) groups is 1. The molecule has 2 rings (SSSR count). The van der Waals surface area contributed by atoms with Gasteiger partial charge in [0.1, 0.15) is 28.3 Å². The summed E-state index contributed by atoms with van der Waals surface area (Å²) >= 11 is 1.46. The van der Waals surface area contributed by atoms with Crippen LogP contribution >= 0.6 is 11.8 Å². The molecule has 226 valence electrons. The van der Waals surface area contributed by atoms with Crippen molar-refractivity contribution in [3.63, 3.8) is 0 Å². The summed E-state index contributed by atoms with van der Waals surface area (Å²) in [5, 5.41) is 16.1. The molecule has 0 spiro atoms. The first-order valence-electron chi connectivity index (χ1n) is 13.6. The van der Waals surface area contributed by atoms with Crippen LogP contribution in [0.15, 0.2) is 17.3 Å². The highest BCUT2D eigenvalue weighted by atomic mass is 32.2. The van der Waals surface area contributed by atoms with E-state index < -0.39 is 24.3 Å². The van der Waals surface area contributed by atoms with Gasteiger partial charge in [-0.3, -0.25) is 10.3 Å². The molecule has 0 aliphatic carbocycles. The lowest BCUT2D eigenvalue weighted by atomic mass is 9.98. The number of nitrogens with one attached hydrogen (secondary N) is 2. The SMILES string of the molecule is CCSC(=NC(C)NC(=O)OCC1CCN(C(=O)OC(C)(C)C)CC1)c1ncc(NC(O)OC(C)C)cc1OC. The Kier molecular flexibility index (Phi) is 13.3. The fraction of sp³-hybridized carbons (Fsp3) is 0.704. The lowest BCUT2D eigenvalue weighted by Gasteiger charge is -2.33. The second-order valence-electron chi connectivity index (χ2n) is 10.7. The summed E-state index contributed by atoms with van der Waals surface area (Å²) in [7, 11) is 1.52. The number of alkyl carbamates (subject to hydrolysis) is 1. The Labute approximate surface area is 241 Å². The number of aliphatic hydroxyl groups excluding tert-OH is 1. The summed E-state index contributed by atoms with van der Waals surface area (Å²) in [6, 6.07) is 1.70. The summed E-state index contributed by atoms with van der Waals surface area (Å²) < 4.78 is 21.7. The number of likely N-dealkylation sites (tertiary alicyclic amines) is 1. The molecule has 1 aromatic heterocycles. The van der Waals surface area contributed by atoms with Gasteiger partial charge in [0, 0.05) is 19.2 Å². The molecule has 1 aliphatic heterocycles. The van der Waals surface area contributed by atoms with E-state index in [-0.39, 0.29) is 24.7 Å². The van der Waals surface area contributed by atoms with Crippen LogP contribution in [0.3, 0.4) is 0 Å². The predicted octanol–water partition coefficient (Wildman–Crippen LogP) is 4.42. The smallest absolute Gasteiger partial charge is 0.410 e. The summed E-state index contributed by atoms with van der Waals surface area (Å²) in [6.07, 6.45) is 0.204. The lowest BCUT2D eigenvalue weighted by molar-refractivity contribution is -0.105. The minimum absolute atomic E-state index is 0.158. The Morgan fingerprint density at radius 2 is 1.93 bits per heavy atom. The first-order chi connectivity index (χ1) is 18.8. The van der Waals surface area contributed by atoms with Crippen LogP contribution in [0.4, 0.5) is 15.3 Å². The molecule has 0 radical (unpaired) electrons. The summed E-state index contributed by atoms with van der Waals surface area (Å²) in [6.45, 7) is 14.3. The number of amides is 2. The van der Waals surface area contributed by atoms with E-state index in [1.165, 1.54) is 18.9 Å². The van der Waals surface area contributed by atoms with E-state index >= 15 is 0 Å².